The first kappa shape index (κ1) is 11.9. The van der Waals surface area contributed by atoms with Gasteiger partial charge in [0, 0.05) is 32.4 Å². The van der Waals surface area contributed by atoms with E-state index in [0.717, 1.165) is 38.5 Å². The topological polar surface area (TPSA) is 62.5 Å². The first-order valence-electron chi connectivity index (χ1n) is 5.94. The monoisotopic (exact) mass is 234 g/mol. The fourth-order valence-electron chi connectivity index (χ4n) is 2.01. The summed E-state index contributed by atoms with van der Waals surface area (Å²) in [4.78, 5) is 19.9. The maximum absolute atomic E-state index is 10.9. The number of likely N-dealkylation sites (N-methyl/N-ethyl adjacent to an activating group) is 1. The number of carbonyl (C=O) groups excluding carboxylic acids is 1. The Hall–Kier alpha value is -1.62. The van der Waals surface area contributed by atoms with Crippen LogP contribution in [0.5, 0.6) is 0 Å². The number of nitrogens with zero attached hydrogens (tertiary/aromatic N) is 3. The van der Waals surface area contributed by atoms with E-state index in [1.165, 1.54) is 0 Å². The summed E-state index contributed by atoms with van der Waals surface area (Å²) in [5.74, 6) is 0.491. The molecule has 1 aromatic rings. The molecule has 1 amide bonds. The van der Waals surface area contributed by atoms with Crippen molar-refractivity contribution in [3.63, 3.8) is 0 Å². The Bertz CT molecular complexity index is 382. The standard InChI is InChI=1S/C12H18N4O/c1-2-15-5-7-16(8-6-15)11-4-3-10(9-14-11)12(13)17/h3-4,9H,2,5-8H2,1H3,(H2,13,17). The molecule has 2 heterocycles. The highest BCUT2D eigenvalue weighted by molar-refractivity contribution is 5.92. The third kappa shape index (κ3) is 2.74. The van der Waals surface area contributed by atoms with Gasteiger partial charge in [0.05, 0.1) is 5.56 Å². The fourth-order valence-corrected chi connectivity index (χ4v) is 2.01. The average Bonchev–Trinajstić information content (AvgIpc) is 2.39. The van der Waals surface area contributed by atoms with Gasteiger partial charge in [-0.2, -0.15) is 0 Å². The van der Waals surface area contributed by atoms with Crippen molar-refractivity contribution in [2.24, 2.45) is 5.73 Å². The summed E-state index contributed by atoms with van der Waals surface area (Å²) in [6.07, 6.45) is 1.55. The van der Waals surface area contributed by atoms with E-state index in [4.69, 9.17) is 5.73 Å². The second-order valence-electron chi connectivity index (χ2n) is 4.19. The lowest BCUT2D eigenvalue weighted by Crippen LogP contribution is -2.46. The third-order valence-electron chi connectivity index (χ3n) is 3.18. The van der Waals surface area contributed by atoms with Crippen molar-refractivity contribution in [2.75, 3.05) is 37.6 Å². The summed E-state index contributed by atoms with van der Waals surface area (Å²) in [6, 6.07) is 3.60. The maximum Gasteiger partial charge on any atom is 0.250 e. The van der Waals surface area contributed by atoms with Gasteiger partial charge in [-0.15, -0.1) is 0 Å². The largest absolute Gasteiger partial charge is 0.366 e. The number of anilines is 1. The van der Waals surface area contributed by atoms with E-state index in [9.17, 15) is 4.79 Å². The van der Waals surface area contributed by atoms with Crippen molar-refractivity contribution in [3.05, 3.63) is 23.9 Å². The number of hydrogen-bond donors (Lipinski definition) is 1. The summed E-state index contributed by atoms with van der Waals surface area (Å²) in [5, 5.41) is 0. The van der Waals surface area contributed by atoms with Crippen LogP contribution in [0.3, 0.4) is 0 Å². The molecule has 0 unspecified atom stereocenters. The lowest BCUT2D eigenvalue weighted by molar-refractivity contribution is 0.1000. The van der Waals surface area contributed by atoms with Gasteiger partial charge in [0.2, 0.25) is 5.91 Å². The van der Waals surface area contributed by atoms with Gasteiger partial charge < -0.3 is 15.5 Å². The van der Waals surface area contributed by atoms with Gasteiger partial charge in [-0.3, -0.25) is 4.79 Å². The smallest absolute Gasteiger partial charge is 0.250 e. The van der Waals surface area contributed by atoms with Crippen LogP contribution in [0.4, 0.5) is 5.82 Å². The minimum absolute atomic E-state index is 0.431. The third-order valence-corrected chi connectivity index (χ3v) is 3.18. The van der Waals surface area contributed by atoms with Gasteiger partial charge in [0.15, 0.2) is 0 Å². The van der Waals surface area contributed by atoms with E-state index in [-0.39, 0.29) is 0 Å². The Morgan fingerprint density at radius 3 is 2.53 bits per heavy atom. The first-order chi connectivity index (χ1) is 8.20. The molecule has 92 valence electrons. The first-order valence-corrected chi connectivity index (χ1v) is 5.94. The lowest BCUT2D eigenvalue weighted by Gasteiger charge is -2.34. The Balaban J connectivity index is 2.01. The Morgan fingerprint density at radius 2 is 2.06 bits per heavy atom. The van der Waals surface area contributed by atoms with E-state index >= 15 is 0 Å². The van der Waals surface area contributed by atoms with Crippen LogP contribution in [-0.2, 0) is 0 Å². The van der Waals surface area contributed by atoms with Gasteiger partial charge in [-0.05, 0) is 18.7 Å². The van der Waals surface area contributed by atoms with Crippen molar-refractivity contribution in [2.45, 2.75) is 6.92 Å². The van der Waals surface area contributed by atoms with Crippen LogP contribution in [0.25, 0.3) is 0 Å². The van der Waals surface area contributed by atoms with Crippen molar-refractivity contribution in [1.82, 2.24) is 9.88 Å². The Labute approximate surface area is 101 Å². The SMILES string of the molecule is CCN1CCN(c2ccc(C(N)=O)cn2)CC1. The molecular formula is C12H18N4O. The zero-order valence-electron chi connectivity index (χ0n) is 10.1. The minimum Gasteiger partial charge on any atom is -0.366 e. The summed E-state index contributed by atoms with van der Waals surface area (Å²) in [7, 11) is 0. The molecule has 1 aliphatic heterocycles. The Morgan fingerprint density at radius 1 is 1.35 bits per heavy atom. The molecule has 0 atom stereocenters. The van der Waals surface area contributed by atoms with Gasteiger partial charge >= 0.3 is 0 Å². The predicted molar refractivity (Wildman–Crippen MR) is 67.1 cm³/mol. The summed E-state index contributed by atoms with van der Waals surface area (Å²) < 4.78 is 0. The molecule has 0 aromatic carbocycles. The number of nitrogens with two attached hydrogens (primary N) is 1. The van der Waals surface area contributed by atoms with E-state index < -0.39 is 5.91 Å². The molecule has 0 aliphatic carbocycles. The van der Waals surface area contributed by atoms with Crippen molar-refractivity contribution < 1.29 is 4.79 Å². The molecular weight excluding hydrogens is 216 g/mol. The van der Waals surface area contributed by atoms with Gasteiger partial charge in [-0.1, -0.05) is 6.92 Å². The van der Waals surface area contributed by atoms with Gasteiger partial charge in [0.1, 0.15) is 5.82 Å². The maximum atomic E-state index is 10.9. The molecule has 1 aliphatic rings. The van der Waals surface area contributed by atoms with Crippen molar-refractivity contribution >= 4 is 11.7 Å². The normalized spacial score (nSPS) is 17.1. The molecule has 0 radical (unpaired) electrons. The molecule has 5 nitrogen and oxygen atoms in total. The highest BCUT2D eigenvalue weighted by Gasteiger charge is 2.16. The molecule has 1 aromatic heterocycles. The number of rotatable bonds is 3. The van der Waals surface area contributed by atoms with Crippen LogP contribution in [0, 0.1) is 0 Å². The zero-order valence-corrected chi connectivity index (χ0v) is 10.1. The van der Waals surface area contributed by atoms with Gasteiger partial charge in [-0.25, -0.2) is 4.98 Å². The van der Waals surface area contributed by atoms with Crippen LogP contribution in [0.1, 0.15) is 17.3 Å². The summed E-state index contributed by atoms with van der Waals surface area (Å²) in [5.41, 5.74) is 5.64. The fraction of sp³-hybridized carbons (Fsp3) is 0.500. The molecule has 0 spiro atoms. The molecule has 2 rings (SSSR count). The number of amides is 1. The molecule has 0 bridgehead atoms. The van der Waals surface area contributed by atoms with Crippen molar-refractivity contribution in [3.8, 4) is 0 Å². The molecule has 2 N–H and O–H groups in total. The number of pyridine rings is 1. The number of hydrogen-bond acceptors (Lipinski definition) is 4. The van der Waals surface area contributed by atoms with E-state index in [0.29, 0.717) is 5.56 Å². The van der Waals surface area contributed by atoms with E-state index in [2.05, 4.69) is 21.7 Å². The predicted octanol–water partition coefficient (Wildman–Crippen LogP) is 0.322. The molecule has 1 fully saturated rings. The van der Waals surface area contributed by atoms with Crippen LogP contribution in [0.2, 0.25) is 0 Å². The molecule has 1 saturated heterocycles. The lowest BCUT2D eigenvalue weighted by atomic mass is 10.2. The number of primary amides is 1. The van der Waals surface area contributed by atoms with Crippen LogP contribution in [0.15, 0.2) is 18.3 Å². The average molecular weight is 234 g/mol. The number of aromatic nitrogens is 1. The summed E-state index contributed by atoms with van der Waals surface area (Å²) >= 11 is 0. The number of piperazine rings is 1. The molecule has 17 heavy (non-hydrogen) atoms. The molecule has 5 heteroatoms. The second-order valence-corrected chi connectivity index (χ2v) is 4.19. The van der Waals surface area contributed by atoms with Crippen molar-refractivity contribution in [1.29, 1.82) is 0 Å². The van der Waals surface area contributed by atoms with Gasteiger partial charge in [0.25, 0.3) is 0 Å². The van der Waals surface area contributed by atoms with Crippen LogP contribution >= 0.6 is 0 Å². The summed E-state index contributed by atoms with van der Waals surface area (Å²) in [6.45, 7) is 7.37. The highest BCUT2D eigenvalue weighted by Crippen LogP contribution is 2.13. The van der Waals surface area contributed by atoms with Crippen LogP contribution in [-0.4, -0.2) is 48.5 Å². The van der Waals surface area contributed by atoms with E-state index in [1.807, 2.05) is 6.07 Å². The number of carbonyl (C=O) groups is 1. The van der Waals surface area contributed by atoms with Crippen LogP contribution < -0.4 is 10.6 Å². The second kappa shape index (κ2) is 5.14. The highest BCUT2D eigenvalue weighted by atomic mass is 16.1. The zero-order chi connectivity index (χ0) is 12.3. The minimum atomic E-state index is -0.431. The Kier molecular flexibility index (Phi) is 3.58. The van der Waals surface area contributed by atoms with E-state index in [1.54, 1.807) is 12.3 Å². The molecule has 0 saturated carbocycles. The quantitative estimate of drug-likeness (QED) is 0.818.